The van der Waals surface area contributed by atoms with Crippen LogP contribution in [0.3, 0.4) is 0 Å². The number of amides is 3. The largest absolute Gasteiger partial charge is 0.491 e. The normalized spacial score (nSPS) is 19.3. The van der Waals surface area contributed by atoms with Crippen molar-refractivity contribution in [2.45, 2.75) is 58.6 Å². The Morgan fingerprint density at radius 2 is 1.78 bits per heavy atom. The van der Waals surface area contributed by atoms with Gasteiger partial charge in [0.1, 0.15) is 5.75 Å². The van der Waals surface area contributed by atoms with Crippen LogP contribution >= 0.6 is 0 Å². The van der Waals surface area contributed by atoms with Gasteiger partial charge in [-0.15, -0.1) is 0 Å². The second-order valence-corrected chi connectivity index (χ2v) is 7.16. The number of imide groups is 1. The molecule has 3 amide bonds. The number of carbonyl (C=O) groups excluding carboxylic acids is 3. The Morgan fingerprint density at radius 1 is 1.11 bits per heavy atom. The average molecular weight is 376 g/mol. The van der Waals surface area contributed by atoms with E-state index in [1.54, 1.807) is 24.3 Å². The molecule has 2 N–H and O–H groups in total. The molecule has 0 spiro atoms. The van der Waals surface area contributed by atoms with Crippen molar-refractivity contribution in [1.29, 1.82) is 0 Å². The molecule has 1 aromatic carbocycles. The first kappa shape index (κ1) is 20.7. The molecule has 27 heavy (non-hydrogen) atoms. The fraction of sp³-hybridized carbons (Fsp3) is 0.550. The zero-order valence-electron chi connectivity index (χ0n) is 16.1. The van der Waals surface area contributed by atoms with Crippen molar-refractivity contribution in [3.8, 4) is 5.75 Å². The minimum absolute atomic E-state index is 0.0363. The number of rotatable bonds is 6. The van der Waals surface area contributed by atoms with E-state index in [4.69, 9.17) is 9.47 Å². The lowest BCUT2D eigenvalue weighted by molar-refractivity contribution is -0.123. The average Bonchev–Trinajstić information content (AvgIpc) is 2.61. The lowest BCUT2D eigenvalue weighted by Gasteiger charge is -2.29. The van der Waals surface area contributed by atoms with Crippen molar-refractivity contribution in [2.24, 2.45) is 5.92 Å². The van der Waals surface area contributed by atoms with E-state index >= 15 is 0 Å². The minimum atomic E-state index is -0.663. The maximum Gasteiger partial charge on any atom is 0.338 e. The van der Waals surface area contributed by atoms with Crippen molar-refractivity contribution in [3.63, 3.8) is 0 Å². The summed E-state index contributed by atoms with van der Waals surface area (Å²) >= 11 is 0. The van der Waals surface area contributed by atoms with Crippen molar-refractivity contribution < 1.29 is 23.9 Å². The van der Waals surface area contributed by atoms with Gasteiger partial charge in [-0.2, -0.15) is 0 Å². The maximum atomic E-state index is 12.0. The number of carbonyl (C=O) groups is 3. The first-order chi connectivity index (χ1) is 12.8. The highest BCUT2D eigenvalue weighted by Gasteiger charge is 2.23. The molecule has 1 aromatic rings. The second-order valence-electron chi connectivity index (χ2n) is 7.16. The molecular formula is C20H28N2O5. The molecule has 1 aliphatic rings. The van der Waals surface area contributed by atoms with Gasteiger partial charge in [0, 0.05) is 6.04 Å². The first-order valence-electron chi connectivity index (χ1n) is 9.39. The molecule has 0 heterocycles. The van der Waals surface area contributed by atoms with Crippen LogP contribution in [0, 0.1) is 5.92 Å². The van der Waals surface area contributed by atoms with Gasteiger partial charge in [0.25, 0.3) is 5.91 Å². The number of hydrogen-bond donors (Lipinski definition) is 2. The third-order valence-corrected chi connectivity index (χ3v) is 4.48. The van der Waals surface area contributed by atoms with Crippen LogP contribution in [0.25, 0.3) is 0 Å². The molecule has 2 rings (SSSR count). The minimum Gasteiger partial charge on any atom is -0.491 e. The molecule has 2 atom stereocenters. The van der Waals surface area contributed by atoms with E-state index in [1.807, 2.05) is 13.8 Å². The molecular weight excluding hydrogens is 348 g/mol. The van der Waals surface area contributed by atoms with Crippen LogP contribution in [0.15, 0.2) is 24.3 Å². The summed E-state index contributed by atoms with van der Waals surface area (Å²) < 4.78 is 10.5. The first-order valence-corrected chi connectivity index (χ1v) is 9.39. The summed E-state index contributed by atoms with van der Waals surface area (Å²) in [7, 11) is 0. The van der Waals surface area contributed by atoms with Crippen molar-refractivity contribution in [3.05, 3.63) is 29.8 Å². The number of urea groups is 1. The molecule has 0 radical (unpaired) electrons. The van der Waals surface area contributed by atoms with Gasteiger partial charge in [-0.1, -0.05) is 19.8 Å². The predicted molar refractivity (Wildman–Crippen MR) is 101 cm³/mol. The Hall–Kier alpha value is -2.57. The van der Waals surface area contributed by atoms with Crippen LogP contribution in [0.1, 0.15) is 56.8 Å². The molecule has 1 aliphatic carbocycles. The zero-order valence-corrected chi connectivity index (χ0v) is 16.1. The Morgan fingerprint density at radius 3 is 2.41 bits per heavy atom. The van der Waals surface area contributed by atoms with Gasteiger partial charge >= 0.3 is 12.0 Å². The van der Waals surface area contributed by atoms with Gasteiger partial charge in [-0.25, -0.2) is 9.59 Å². The number of hydrogen-bond acceptors (Lipinski definition) is 5. The van der Waals surface area contributed by atoms with Gasteiger partial charge in [0.15, 0.2) is 6.61 Å². The van der Waals surface area contributed by atoms with Crippen LogP contribution in [0.2, 0.25) is 0 Å². The summed E-state index contributed by atoms with van der Waals surface area (Å²) in [5.74, 6) is -0.264. The van der Waals surface area contributed by atoms with Gasteiger partial charge in [-0.3, -0.25) is 10.1 Å². The zero-order chi connectivity index (χ0) is 19.8. The van der Waals surface area contributed by atoms with E-state index in [9.17, 15) is 14.4 Å². The lowest BCUT2D eigenvalue weighted by atomic mass is 9.86. The fourth-order valence-electron chi connectivity index (χ4n) is 3.05. The molecule has 1 fully saturated rings. The van der Waals surface area contributed by atoms with E-state index in [2.05, 4.69) is 17.6 Å². The molecule has 0 unspecified atom stereocenters. The Bertz CT molecular complexity index is 657. The topological polar surface area (TPSA) is 93.7 Å². The number of nitrogens with one attached hydrogen (secondary N) is 2. The quantitative estimate of drug-likeness (QED) is 0.744. The van der Waals surface area contributed by atoms with E-state index in [0.29, 0.717) is 17.2 Å². The highest BCUT2D eigenvalue weighted by atomic mass is 16.5. The van der Waals surface area contributed by atoms with Crippen LogP contribution < -0.4 is 15.4 Å². The smallest absolute Gasteiger partial charge is 0.338 e. The molecule has 0 bridgehead atoms. The van der Waals surface area contributed by atoms with Gasteiger partial charge < -0.3 is 14.8 Å². The van der Waals surface area contributed by atoms with Crippen molar-refractivity contribution in [2.75, 3.05) is 6.61 Å². The number of esters is 1. The summed E-state index contributed by atoms with van der Waals surface area (Å²) in [4.78, 5) is 35.7. The molecule has 1 saturated carbocycles. The van der Waals surface area contributed by atoms with E-state index in [1.165, 1.54) is 6.42 Å². The molecule has 0 aliphatic heterocycles. The fourth-order valence-corrected chi connectivity index (χ4v) is 3.05. The van der Waals surface area contributed by atoms with Crippen LogP contribution in [-0.2, 0) is 9.53 Å². The standard InChI is InChI=1S/C20H28N2O5/c1-13(2)27-16-10-8-15(9-11-16)19(24)26-12-18(23)22-20(25)21-17-7-5-4-6-14(17)3/h8-11,13-14,17H,4-7,12H2,1-3H3,(H2,21,22,23,25)/t14-,17+/m1/s1. The third kappa shape index (κ3) is 6.92. The molecule has 0 saturated heterocycles. The summed E-state index contributed by atoms with van der Waals surface area (Å²) in [5.41, 5.74) is 0.305. The molecule has 7 heteroatoms. The van der Waals surface area contributed by atoms with Gasteiger partial charge in [0.2, 0.25) is 0 Å². The summed E-state index contributed by atoms with van der Waals surface area (Å²) in [6.45, 7) is 5.39. The number of benzene rings is 1. The molecule has 0 aromatic heterocycles. The van der Waals surface area contributed by atoms with Crippen molar-refractivity contribution in [1.82, 2.24) is 10.6 Å². The Labute approximate surface area is 159 Å². The highest BCUT2D eigenvalue weighted by molar-refractivity contribution is 5.97. The van der Waals surface area contributed by atoms with Crippen LogP contribution in [0.4, 0.5) is 4.79 Å². The Kier molecular flexibility index (Phi) is 7.64. The summed E-state index contributed by atoms with van der Waals surface area (Å²) in [6, 6.07) is 5.97. The van der Waals surface area contributed by atoms with Gasteiger partial charge in [0.05, 0.1) is 11.7 Å². The monoisotopic (exact) mass is 376 g/mol. The Balaban J connectivity index is 1.74. The SMILES string of the molecule is CC(C)Oc1ccc(C(=O)OCC(=O)NC(=O)N[C@H]2CCCC[C@H]2C)cc1. The van der Waals surface area contributed by atoms with Crippen LogP contribution in [0.5, 0.6) is 5.75 Å². The predicted octanol–water partition coefficient (Wildman–Crippen LogP) is 3.04. The third-order valence-electron chi connectivity index (χ3n) is 4.48. The maximum absolute atomic E-state index is 12.0. The summed E-state index contributed by atoms with van der Waals surface area (Å²) in [6.07, 6.45) is 4.25. The lowest BCUT2D eigenvalue weighted by Crippen LogP contribution is -2.48. The van der Waals surface area contributed by atoms with E-state index in [0.717, 1.165) is 19.3 Å². The van der Waals surface area contributed by atoms with Crippen molar-refractivity contribution >= 4 is 17.9 Å². The van der Waals surface area contributed by atoms with Crippen LogP contribution in [-0.4, -0.2) is 36.7 Å². The highest BCUT2D eigenvalue weighted by Crippen LogP contribution is 2.23. The van der Waals surface area contributed by atoms with E-state index in [-0.39, 0.29) is 12.1 Å². The van der Waals surface area contributed by atoms with E-state index < -0.39 is 24.5 Å². The van der Waals surface area contributed by atoms with Gasteiger partial charge in [-0.05, 0) is 56.9 Å². The molecule has 7 nitrogen and oxygen atoms in total. The number of ether oxygens (including phenoxy) is 2. The second kappa shape index (κ2) is 9.94. The summed E-state index contributed by atoms with van der Waals surface area (Å²) in [5, 5.41) is 5.01. The molecule has 148 valence electrons.